The summed E-state index contributed by atoms with van der Waals surface area (Å²) in [7, 11) is 0. The highest BCUT2D eigenvalue weighted by Crippen LogP contribution is 2.37. The van der Waals surface area contributed by atoms with Crippen LogP contribution in [0.3, 0.4) is 0 Å². The molecule has 0 aliphatic carbocycles. The molecule has 3 heterocycles. The second-order valence-electron chi connectivity index (χ2n) is 12.4. The average molecular weight is 641 g/mol. The van der Waals surface area contributed by atoms with Crippen molar-refractivity contribution < 1.29 is 0 Å². The van der Waals surface area contributed by atoms with Crippen LogP contribution in [0.1, 0.15) is 0 Å². The summed E-state index contributed by atoms with van der Waals surface area (Å²) < 4.78 is 4.44. The van der Waals surface area contributed by atoms with Gasteiger partial charge in [-0.1, -0.05) is 127 Å². The number of aromatic nitrogens is 6. The van der Waals surface area contributed by atoms with Crippen LogP contribution >= 0.6 is 0 Å². The summed E-state index contributed by atoms with van der Waals surface area (Å²) in [5, 5.41) is 4.48. The molecular formula is C44H28N6. The summed E-state index contributed by atoms with van der Waals surface area (Å²) >= 11 is 0. The van der Waals surface area contributed by atoms with Gasteiger partial charge in [-0.2, -0.15) is 9.97 Å². The van der Waals surface area contributed by atoms with Gasteiger partial charge in [0.1, 0.15) is 5.82 Å². The van der Waals surface area contributed by atoms with Crippen molar-refractivity contribution in [3.63, 3.8) is 0 Å². The zero-order valence-electron chi connectivity index (χ0n) is 26.8. The third kappa shape index (κ3) is 4.58. The number of fused-ring (bicyclic) bond motifs is 5. The highest BCUT2D eigenvalue weighted by atomic mass is 15.2. The largest absolute Gasteiger partial charge is 0.292 e. The number of hydrogen-bond donors (Lipinski definition) is 0. The molecule has 10 aromatic rings. The monoisotopic (exact) mass is 640 g/mol. The second kappa shape index (κ2) is 11.4. The Balaban J connectivity index is 1.27. The molecule has 0 amide bonds. The maximum atomic E-state index is 5.21. The fraction of sp³-hybridized carbons (Fsp3) is 0. The Bertz CT molecular complexity index is 2780. The van der Waals surface area contributed by atoms with Gasteiger partial charge in [0.15, 0.2) is 11.6 Å². The zero-order chi connectivity index (χ0) is 33.0. The lowest BCUT2D eigenvalue weighted by Gasteiger charge is -2.11. The van der Waals surface area contributed by atoms with Gasteiger partial charge in [0.2, 0.25) is 5.95 Å². The summed E-state index contributed by atoms with van der Waals surface area (Å²) in [4.78, 5) is 20.4. The molecule has 0 spiro atoms. The average Bonchev–Trinajstić information content (AvgIpc) is 3.72. The summed E-state index contributed by atoms with van der Waals surface area (Å²) in [6.07, 6.45) is 0. The van der Waals surface area contributed by atoms with Gasteiger partial charge in [-0.3, -0.25) is 9.13 Å². The normalized spacial score (nSPS) is 11.6. The Labute approximate surface area is 287 Å². The third-order valence-electron chi connectivity index (χ3n) is 9.34. The quantitative estimate of drug-likeness (QED) is 0.188. The van der Waals surface area contributed by atoms with Gasteiger partial charge < -0.3 is 0 Å². The van der Waals surface area contributed by atoms with Crippen LogP contribution in [-0.2, 0) is 0 Å². The first kappa shape index (κ1) is 28.1. The number of imidazole rings is 1. The van der Waals surface area contributed by atoms with Crippen molar-refractivity contribution in [2.24, 2.45) is 0 Å². The highest BCUT2D eigenvalue weighted by molar-refractivity contribution is 6.14. The van der Waals surface area contributed by atoms with E-state index in [1.54, 1.807) is 0 Å². The van der Waals surface area contributed by atoms with Crippen LogP contribution in [0.15, 0.2) is 170 Å². The molecule has 0 atom stereocenters. The molecule has 3 aromatic heterocycles. The highest BCUT2D eigenvalue weighted by Gasteiger charge is 2.20. The molecule has 0 radical (unpaired) electrons. The molecule has 6 nitrogen and oxygen atoms in total. The van der Waals surface area contributed by atoms with Crippen molar-refractivity contribution in [1.82, 2.24) is 29.1 Å². The Morgan fingerprint density at radius 2 is 0.900 bits per heavy atom. The lowest BCUT2D eigenvalue weighted by atomic mass is 10.1. The van der Waals surface area contributed by atoms with E-state index in [-0.39, 0.29) is 0 Å². The van der Waals surface area contributed by atoms with E-state index in [1.807, 2.05) is 72.8 Å². The van der Waals surface area contributed by atoms with Gasteiger partial charge in [0.25, 0.3) is 0 Å². The number of hydrogen-bond acceptors (Lipinski definition) is 4. The Kier molecular flexibility index (Phi) is 6.39. The van der Waals surface area contributed by atoms with Gasteiger partial charge >= 0.3 is 0 Å². The smallest absolute Gasteiger partial charge is 0.238 e. The first-order chi connectivity index (χ1) is 24.8. The second-order valence-corrected chi connectivity index (χ2v) is 12.4. The number of rotatable bonds is 5. The van der Waals surface area contributed by atoms with E-state index in [2.05, 4.69) is 106 Å². The van der Waals surface area contributed by atoms with Gasteiger partial charge in [-0.25, -0.2) is 9.97 Å². The molecule has 0 fully saturated rings. The number of nitrogens with zero attached hydrogens (tertiary/aromatic N) is 6. The molecule has 0 aliphatic heterocycles. The van der Waals surface area contributed by atoms with E-state index in [4.69, 9.17) is 19.9 Å². The molecule has 0 N–H and O–H groups in total. The van der Waals surface area contributed by atoms with Crippen LogP contribution in [0.25, 0.3) is 89.4 Å². The molecular weight excluding hydrogens is 613 g/mol. The molecule has 234 valence electrons. The fourth-order valence-electron chi connectivity index (χ4n) is 7.02. The summed E-state index contributed by atoms with van der Waals surface area (Å²) in [5.41, 5.74) is 8.05. The van der Waals surface area contributed by atoms with E-state index in [0.29, 0.717) is 17.6 Å². The lowest BCUT2D eigenvalue weighted by molar-refractivity contribution is 0.954. The van der Waals surface area contributed by atoms with Gasteiger partial charge in [0, 0.05) is 33.2 Å². The lowest BCUT2D eigenvalue weighted by Crippen LogP contribution is -2.06. The van der Waals surface area contributed by atoms with Gasteiger partial charge in [-0.05, 0) is 53.2 Å². The fourth-order valence-corrected chi connectivity index (χ4v) is 7.02. The molecule has 50 heavy (non-hydrogen) atoms. The van der Waals surface area contributed by atoms with E-state index < -0.39 is 0 Å². The number of para-hydroxylation sites is 2. The Morgan fingerprint density at radius 3 is 1.56 bits per heavy atom. The van der Waals surface area contributed by atoms with Crippen molar-refractivity contribution in [3.05, 3.63) is 170 Å². The van der Waals surface area contributed by atoms with E-state index in [9.17, 15) is 0 Å². The van der Waals surface area contributed by atoms with Crippen molar-refractivity contribution in [1.29, 1.82) is 0 Å². The summed E-state index contributed by atoms with van der Waals surface area (Å²) in [5.74, 6) is 2.74. The van der Waals surface area contributed by atoms with Crippen molar-refractivity contribution in [3.8, 4) is 45.8 Å². The van der Waals surface area contributed by atoms with Crippen molar-refractivity contribution in [2.45, 2.75) is 0 Å². The Hall–Kier alpha value is -6.92. The van der Waals surface area contributed by atoms with Crippen molar-refractivity contribution >= 4 is 43.6 Å². The first-order valence-electron chi connectivity index (χ1n) is 16.7. The summed E-state index contributed by atoms with van der Waals surface area (Å²) in [6.45, 7) is 0. The minimum Gasteiger partial charge on any atom is -0.292 e. The molecule has 0 bridgehead atoms. The SMILES string of the molecule is c1ccc(-c2nc(-c3ccccc3)nc(-n3c4ccccc4c4cc5cc6nc(-c7ccccc7)n(-c7ccccc7)c6cc5cc43)n2)cc1. The molecule has 6 heteroatoms. The van der Waals surface area contributed by atoms with E-state index in [0.717, 1.165) is 71.8 Å². The molecule has 0 saturated carbocycles. The van der Waals surface area contributed by atoms with Crippen LogP contribution in [0, 0.1) is 0 Å². The van der Waals surface area contributed by atoms with Gasteiger partial charge in [0.05, 0.1) is 22.1 Å². The van der Waals surface area contributed by atoms with Crippen LogP contribution in [0.5, 0.6) is 0 Å². The zero-order valence-corrected chi connectivity index (χ0v) is 26.8. The molecule has 0 unspecified atom stereocenters. The molecule has 0 saturated heterocycles. The topological polar surface area (TPSA) is 61.4 Å². The minimum absolute atomic E-state index is 0.574. The maximum absolute atomic E-state index is 5.21. The van der Waals surface area contributed by atoms with Crippen LogP contribution in [0.4, 0.5) is 0 Å². The third-order valence-corrected chi connectivity index (χ3v) is 9.34. The standard InChI is InChI=1S/C44H28N6/c1-5-15-29(16-6-1)41-46-42(30-17-7-2-8-18-30)48-44(47-41)50-38-24-14-13-23-35(38)36-25-32-26-37-40(28-33(32)27-39(36)50)49(34-21-11-4-12-22-34)43(45-37)31-19-9-3-10-20-31/h1-28H. The van der Waals surface area contributed by atoms with E-state index in [1.165, 1.54) is 0 Å². The van der Waals surface area contributed by atoms with Crippen LogP contribution < -0.4 is 0 Å². The first-order valence-corrected chi connectivity index (χ1v) is 16.7. The Morgan fingerprint density at radius 1 is 0.360 bits per heavy atom. The predicted octanol–water partition coefficient (Wildman–Crippen LogP) is 10.5. The van der Waals surface area contributed by atoms with Crippen LogP contribution in [-0.4, -0.2) is 29.1 Å². The molecule has 10 rings (SSSR count). The minimum atomic E-state index is 0.574. The molecule has 0 aliphatic rings. The predicted molar refractivity (Wildman–Crippen MR) is 203 cm³/mol. The van der Waals surface area contributed by atoms with Gasteiger partial charge in [-0.15, -0.1) is 0 Å². The van der Waals surface area contributed by atoms with Crippen molar-refractivity contribution in [2.75, 3.05) is 0 Å². The van der Waals surface area contributed by atoms with E-state index >= 15 is 0 Å². The van der Waals surface area contributed by atoms with Crippen LogP contribution in [0.2, 0.25) is 0 Å². The number of benzene rings is 7. The maximum Gasteiger partial charge on any atom is 0.238 e. The summed E-state index contributed by atoms with van der Waals surface area (Å²) in [6, 6.07) is 58.6. The molecule has 7 aromatic carbocycles.